The van der Waals surface area contributed by atoms with Gasteiger partial charge in [-0.2, -0.15) is 4.58 Å². The normalized spacial score (nSPS) is 11.7. The van der Waals surface area contributed by atoms with Crippen LogP contribution in [0.15, 0.2) is 0 Å². The summed E-state index contributed by atoms with van der Waals surface area (Å²) < 4.78 is 6.41. The third-order valence-corrected chi connectivity index (χ3v) is 3.33. The van der Waals surface area contributed by atoms with Gasteiger partial charge in [-0.25, -0.2) is 4.79 Å². The van der Waals surface area contributed by atoms with Crippen LogP contribution in [-0.2, 0) is 19.1 Å². The molecule has 7 nitrogen and oxygen atoms in total. The molecule has 0 aromatic heterocycles. The SMILES string of the molecule is C=[N+](CC(C)(C)CC(C)(C)CNC=O)C(=O)COCC(=O)NC. The van der Waals surface area contributed by atoms with Crippen LogP contribution in [0.2, 0.25) is 0 Å². The standard InChI is InChI=1S/C16H29N3O4/c1-15(2,10-18-12-20)9-16(3,4)11-19(6)14(22)8-23-7-13(21)17-5/h12H,6-11H2,1-5H3,(H-,17,18,20,21)/p+1. The summed E-state index contributed by atoms with van der Waals surface area (Å²) in [6, 6.07) is 0. The molecule has 0 aliphatic rings. The van der Waals surface area contributed by atoms with Crippen LogP contribution in [0.3, 0.4) is 0 Å². The van der Waals surface area contributed by atoms with Gasteiger partial charge in [0.1, 0.15) is 13.3 Å². The van der Waals surface area contributed by atoms with E-state index < -0.39 is 0 Å². The van der Waals surface area contributed by atoms with Crippen molar-refractivity contribution in [3.05, 3.63) is 0 Å². The Bertz CT molecular complexity index is 445. The first-order valence-corrected chi connectivity index (χ1v) is 7.59. The van der Waals surface area contributed by atoms with E-state index in [2.05, 4.69) is 31.2 Å². The Morgan fingerprint density at radius 1 is 1.17 bits per heavy atom. The number of ether oxygens (including phenoxy) is 1. The molecule has 0 unspecified atom stereocenters. The highest BCUT2D eigenvalue weighted by Crippen LogP contribution is 2.33. The zero-order chi connectivity index (χ0) is 18.1. The van der Waals surface area contributed by atoms with Crippen molar-refractivity contribution in [2.75, 3.05) is 33.4 Å². The highest BCUT2D eigenvalue weighted by molar-refractivity contribution is 5.77. The Labute approximate surface area is 138 Å². The second-order valence-electron chi connectivity index (χ2n) is 7.26. The van der Waals surface area contributed by atoms with E-state index in [-0.39, 0.29) is 35.9 Å². The number of amides is 3. The zero-order valence-electron chi connectivity index (χ0n) is 14.9. The van der Waals surface area contributed by atoms with E-state index in [4.69, 9.17) is 4.74 Å². The van der Waals surface area contributed by atoms with Gasteiger partial charge in [-0.3, -0.25) is 9.59 Å². The van der Waals surface area contributed by atoms with Crippen molar-refractivity contribution in [2.24, 2.45) is 10.8 Å². The largest absolute Gasteiger partial charge is 0.412 e. The minimum Gasteiger partial charge on any atom is -0.358 e. The summed E-state index contributed by atoms with van der Waals surface area (Å²) in [4.78, 5) is 33.4. The first-order valence-electron chi connectivity index (χ1n) is 7.59. The third kappa shape index (κ3) is 9.78. The molecule has 0 saturated carbocycles. The van der Waals surface area contributed by atoms with Gasteiger partial charge in [0.15, 0.2) is 13.2 Å². The van der Waals surface area contributed by atoms with Crippen LogP contribution in [0.25, 0.3) is 0 Å². The average Bonchev–Trinajstić information content (AvgIpc) is 2.42. The van der Waals surface area contributed by atoms with Gasteiger partial charge in [-0.15, -0.1) is 0 Å². The summed E-state index contributed by atoms with van der Waals surface area (Å²) in [6.45, 7) is 12.7. The molecule has 2 N–H and O–H groups in total. The molecule has 23 heavy (non-hydrogen) atoms. The quantitative estimate of drug-likeness (QED) is 0.322. The molecular weight excluding hydrogens is 298 g/mol. The number of nitrogens with zero attached hydrogens (tertiary/aromatic N) is 1. The number of nitrogens with one attached hydrogen (secondary N) is 2. The lowest BCUT2D eigenvalue weighted by molar-refractivity contribution is -0.459. The van der Waals surface area contributed by atoms with E-state index in [1.807, 2.05) is 13.8 Å². The van der Waals surface area contributed by atoms with E-state index in [0.717, 1.165) is 6.42 Å². The molecule has 0 radical (unpaired) electrons. The molecule has 0 fully saturated rings. The first-order chi connectivity index (χ1) is 10.5. The average molecular weight is 328 g/mol. The Kier molecular flexibility index (Phi) is 8.68. The maximum Gasteiger partial charge on any atom is 0.412 e. The number of rotatable bonds is 11. The van der Waals surface area contributed by atoms with Crippen LogP contribution in [0.5, 0.6) is 0 Å². The smallest absolute Gasteiger partial charge is 0.358 e. The molecule has 0 spiro atoms. The highest BCUT2D eigenvalue weighted by atomic mass is 16.5. The lowest BCUT2D eigenvalue weighted by Crippen LogP contribution is -2.39. The van der Waals surface area contributed by atoms with Crippen molar-refractivity contribution in [3.8, 4) is 0 Å². The van der Waals surface area contributed by atoms with Crippen molar-refractivity contribution >= 4 is 24.9 Å². The summed E-state index contributed by atoms with van der Waals surface area (Å²) in [5, 5.41) is 5.11. The summed E-state index contributed by atoms with van der Waals surface area (Å²) >= 11 is 0. The van der Waals surface area contributed by atoms with Gasteiger partial charge in [0.2, 0.25) is 12.3 Å². The summed E-state index contributed by atoms with van der Waals surface area (Å²) in [7, 11) is 1.50. The minimum atomic E-state index is -0.279. The monoisotopic (exact) mass is 328 g/mol. The number of likely N-dealkylation sites (N-methyl/N-ethyl adjacent to an activating group) is 1. The Hall–Kier alpha value is -1.76. The predicted molar refractivity (Wildman–Crippen MR) is 88.4 cm³/mol. The number of hydrogen-bond acceptors (Lipinski definition) is 4. The second kappa shape index (κ2) is 9.39. The molecule has 0 aromatic rings. The fourth-order valence-corrected chi connectivity index (χ4v) is 2.73. The molecular formula is C16H30N3O4+. The number of hydrogen-bond donors (Lipinski definition) is 2. The third-order valence-electron chi connectivity index (χ3n) is 3.33. The fourth-order valence-electron chi connectivity index (χ4n) is 2.73. The van der Waals surface area contributed by atoms with Crippen molar-refractivity contribution < 1.29 is 23.7 Å². The molecule has 0 saturated heterocycles. The molecule has 0 aromatic carbocycles. The molecule has 0 aliphatic heterocycles. The molecule has 7 heteroatoms. The second-order valence-corrected chi connectivity index (χ2v) is 7.26. The van der Waals surface area contributed by atoms with Crippen molar-refractivity contribution in [1.82, 2.24) is 10.6 Å². The van der Waals surface area contributed by atoms with E-state index in [0.29, 0.717) is 19.5 Å². The van der Waals surface area contributed by atoms with Crippen LogP contribution in [-0.4, -0.2) is 62.9 Å². The van der Waals surface area contributed by atoms with Crippen LogP contribution in [0.1, 0.15) is 34.1 Å². The summed E-state index contributed by atoms with van der Waals surface area (Å²) in [5.74, 6) is -0.552. The molecule has 3 amide bonds. The molecule has 0 rings (SSSR count). The maximum absolute atomic E-state index is 12.0. The van der Waals surface area contributed by atoms with E-state index >= 15 is 0 Å². The van der Waals surface area contributed by atoms with Crippen molar-refractivity contribution in [1.29, 1.82) is 0 Å². The van der Waals surface area contributed by atoms with Gasteiger partial charge in [0.05, 0.1) is 0 Å². The fraction of sp³-hybridized carbons (Fsp3) is 0.750. The predicted octanol–water partition coefficient (Wildman–Crippen LogP) is 0.177. The van der Waals surface area contributed by atoms with Crippen molar-refractivity contribution in [3.63, 3.8) is 0 Å². The summed E-state index contributed by atoms with van der Waals surface area (Å²) in [6.07, 6.45) is 1.50. The van der Waals surface area contributed by atoms with Crippen LogP contribution >= 0.6 is 0 Å². The van der Waals surface area contributed by atoms with Gasteiger partial charge in [-0.1, -0.05) is 27.7 Å². The van der Waals surface area contributed by atoms with Crippen molar-refractivity contribution in [2.45, 2.75) is 34.1 Å². The molecule has 0 heterocycles. The van der Waals surface area contributed by atoms with Gasteiger partial charge >= 0.3 is 5.91 Å². The van der Waals surface area contributed by atoms with Gasteiger partial charge in [-0.05, 0) is 11.8 Å². The molecule has 0 bridgehead atoms. The van der Waals surface area contributed by atoms with Gasteiger partial charge in [0.25, 0.3) is 0 Å². The topological polar surface area (TPSA) is 87.5 Å². The Morgan fingerprint density at radius 3 is 2.30 bits per heavy atom. The first kappa shape index (κ1) is 21.2. The minimum absolute atomic E-state index is 0.0932. The lowest BCUT2D eigenvalue weighted by Gasteiger charge is -2.32. The number of carbonyl (C=O) groups is 3. The van der Waals surface area contributed by atoms with E-state index in [1.54, 1.807) is 0 Å². The van der Waals surface area contributed by atoms with Gasteiger partial charge in [0, 0.05) is 19.0 Å². The molecule has 0 atom stereocenters. The zero-order valence-corrected chi connectivity index (χ0v) is 14.9. The van der Waals surface area contributed by atoms with E-state index in [1.165, 1.54) is 11.6 Å². The molecule has 0 aliphatic carbocycles. The maximum atomic E-state index is 12.0. The van der Waals surface area contributed by atoms with Gasteiger partial charge < -0.3 is 15.4 Å². The summed E-state index contributed by atoms with van der Waals surface area (Å²) in [5.41, 5.74) is -0.268. The highest BCUT2D eigenvalue weighted by Gasteiger charge is 2.33. The van der Waals surface area contributed by atoms with Crippen LogP contribution in [0.4, 0.5) is 0 Å². The lowest BCUT2D eigenvalue weighted by atomic mass is 9.75. The van der Waals surface area contributed by atoms with E-state index in [9.17, 15) is 14.4 Å². The Morgan fingerprint density at radius 2 is 1.78 bits per heavy atom. The van der Waals surface area contributed by atoms with Crippen LogP contribution in [0, 0.1) is 10.8 Å². The number of carbonyl (C=O) groups excluding carboxylic acids is 3. The van der Waals surface area contributed by atoms with Crippen LogP contribution < -0.4 is 10.6 Å². The Balaban J connectivity index is 4.41. The molecule has 132 valence electrons.